The first kappa shape index (κ1) is 21.2. The smallest absolute Gasteiger partial charge is 0.236 e. The molecule has 3 aromatic rings. The number of hydrogen-bond acceptors (Lipinski definition) is 6. The lowest BCUT2D eigenvalue weighted by Crippen LogP contribution is -2.53. The quantitative estimate of drug-likeness (QED) is 0.556. The minimum absolute atomic E-state index is 0.235. The Kier molecular flexibility index (Phi) is 7.33. The van der Waals surface area contributed by atoms with Gasteiger partial charge in [0.1, 0.15) is 5.76 Å². The molecule has 3 heterocycles. The zero-order valence-corrected chi connectivity index (χ0v) is 18.5. The van der Waals surface area contributed by atoms with Crippen LogP contribution in [-0.4, -0.2) is 58.7 Å². The number of benzene rings is 1. The first-order valence-corrected chi connectivity index (χ1v) is 11.7. The number of oxazole rings is 1. The second kappa shape index (κ2) is 10.4. The van der Waals surface area contributed by atoms with Crippen molar-refractivity contribution in [1.82, 2.24) is 14.8 Å². The fourth-order valence-electron chi connectivity index (χ4n) is 4.24. The van der Waals surface area contributed by atoms with Gasteiger partial charge in [0.2, 0.25) is 5.89 Å². The predicted molar refractivity (Wildman–Crippen MR) is 122 cm³/mol. The molecule has 4 rings (SSSR count). The van der Waals surface area contributed by atoms with E-state index in [0.29, 0.717) is 6.04 Å². The fourth-order valence-corrected chi connectivity index (χ4v) is 4.89. The maximum absolute atomic E-state index is 9.60. The fraction of sp³-hybridized carbons (Fsp3) is 0.458. The molecule has 2 aromatic heterocycles. The molecule has 1 fully saturated rings. The van der Waals surface area contributed by atoms with Crippen LogP contribution in [0.4, 0.5) is 0 Å². The van der Waals surface area contributed by atoms with Gasteiger partial charge in [0.25, 0.3) is 0 Å². The molecule has 30 heavy (non-hydrogen) atoms. The Labute approximate surface area is 183 Å². The number of aryl methyl sites for hydroxylation is 2. The van der Waals surface area contributed by atoms with Gasteiger partial charge in [-0.05, 0) is 49.7 Å². The second-order valence-electron chi connectivity index (χ2n) is 8.03. The number of aliphatic hydroxyl groups is 1. The molecule has 0 spiro atoms. The van der Waals surface area contributed by atoms with Gasteiger partial charge in [-0.1, -0.05) is 36.4 Å². The van der Waals surface area contributed by atoms with Crippen LogP contribution >= 0.6 is 11.3 Å². The Hall–Kier alpha value is -1.99. The maximum Gasteiger partial charge on any atom is 0.236 e. The van der Waals surface area contributed by atoms with E-state index >= 15 is 0 Å². The molecule has 0 amide bonds. The van der Waals surface area contributed by atoms with Crippen molar-refractivity contribution in [2.75, 3.05) is 32.8 Å². The molecule has 0 aliphatic carbocycles. The summed E-state index contributed by atoms with van der Waals surface area (Å²) in [7, 11) is 0. The van der Waals surface area contributed by atoms with E-state index in [2.05, 4.69) is 40.1 Å². The average Bonchev–Trinajstić information content (AvgIpc) is 3.41. The summed E-state index contributed by atoms with van der Waals surface area (Å²) in [6.45, 7) is 7.15. The topological polar surface area (TPSA) is 52.7 Å². The molecule has 5 nitrogen and oxygen atoms in total. The van der Waals surface area contributed by atoms with Crippen LogP contribution in [0, 0.1) is 6.92 Å². The summed E-state index contributed by atoms with van der Waals surface area (Å²) in [5, 5.41) is 11.6. The first-order chi connectivity index (χ1) is 14.7. The van der Waals surface area contributed by atoms with E-state index in [4.69, 9.17) is 9.40 Å². The van der Waals surface area contributed by atoms with E-state index < -0.39 is 0 Å². The third-order valence-corrected chi connectivity index (χ3v) is 6.76. The largest absolute Gasteiger partial charge is 0.440 e. The zero-order valence-electron chi connectivity index (χ0n) is 17.7. The summed E-state index contributed by atoms with van der Waals surface area (Å²) >= 11 is 1.65. The van der Waals surface area contributed by atoms with E-state index in [-0.39, 0.29) is 6.61 Å². The molecule has 6 heteroatoms. The van der Waals surface area contributed by atoms with E-state index in [1.54, 1.807) is 11.3 Å². The molecule has 160 valence electrons. The Morgan fingerprint density at radius 3 is 2.80 bits per heavy atom. The Balaban J connectivity index is 1.32. The van der Waals surface area contributed by atoms with Crippen molar-refractivity contribution in [3.63, 3.8) is 0 Å². The van der Waals surface area contributed by atoms with Crippen molar-refractivity contribution in [1.29, 1.82) is 0 Å². The van der Waals surface area contributed by atoms with Crippen molar-refractivity contribution in [2.24, 2.45) is 0 Å². The van der Waals surface area contributed by atoms with Gasteiger partial charge >= 0.3 is 0 Å². The summed E-state index contributed by atoms with van der Waals surface area (Å²) < 4.78 is 5.91. The third-order valence-electron chi connectivity index (χ3n) is 5.90. The SMILES string of the molecule is Cc1oc(-c2cccs2)nc1CN1CCN(CCCc2ccccc2)C(CCO)C1. The first-order valence-electron chi connectivity index (χ1n) is 10.8. The standard InChI is InChI=1S/C24H31N3O2S/c1-19-22(25-24(29-19)23-10-6-16-30-23)18-26-13-14-27(21(17-26)11-15-28)12-5-9-20-7-3-2-4-8-20/h2-4,6-8,10,16,21,28H,5,9,11-15,17-18H2,1H3. The molecule has 1 atom stereocenters. The maximum atomic E-state index is 9.60. The second-order valence-corrected chi connectivity index (χ2v) is 8.97. The van der Waals surface area contributed by atoms with E-state index in [1.165, 1.54) is 5.56 Å². The lowest BCUT2D eigenvalue weighted by molar-refractivity contribution is 0.0539. The molecule has 0 radical (unpaired) electrons. The summed E-state index contributed by atoms with van der Waals surface area (Å²) in [6, 6.07) is 15.2. The van der Waals surface area contributed by atoms with Crippen LogP contribution in [0.3, 0.4) is 0 Å². The van der Waals surface area contributed by atoms with E-state index in [0.717, 1.165) is 74.2 Å². The van der Waals surface area contributed by atoms with Gasteiger partial charge in [-0.25, -0.2) is 4.98 Å². The molecule has 1 aliphatic rings. The number of aliphatic hydroxyl groups excluding tert-OH is 1. The van der Waals surface area contributed by atoms with Crippen LogP contribution in [0.5, 0.6) is 0 Å². The molecule has 1 unspecified atom stereocenters. The molecule has 1 aliphatic heterocycles. The number of rotatable bonds is 9. The van der Waals surface area contributed by atoms with Crippen LogP contribution in [-0.2, 0) is 13.0 Å². The minimum atomic E-state index is 0.235. The van der Waals surface area contributed by atoms with Crippen LogP contribution in [0.2, 0.25) is 0 Å². The van der Waals surface area contributed by atoms with Gasteiger partial charge in [0, 0.05) is 38.8 Å². The van der Waals surface area contributed by atoms with Gasteiger partial charge in [-0.2, -0.15) is 0 Å². The van der Waals surface area contributed by atoms with Crippen LogP contribution in [0.25, 0.3) is 10.8 Å². The Morgan fingerprint density at radius 2 is 2.03 bits per heavy atom. The third kappa shape index (κ3) is 5.38. The lowest BCUT2D eigenvalue weighted by Gasteiger charge is -2.41. The van der Waals surface area contributed by atoms with E-state index in [1.807, 2.05) is 24.4 Å². The van der Waals surface area contributed by atoms with Gasteiger partial charge in [-0.15, -0.1) is 11.3 Å². The zero-order chi connectivity index (χ0) is 20.8. The van der Waals surface area contributed by atoms with Crippen LogP contribution in [0.15, 0.2) is 52.3 Å². The number of hydrogen-bond donors (Lipinski definition) is 1. The molecule has 0 saturated carbocycles. The summed E-state index contributed by atoms with van der Waals surface area (Å²) in [4.78, 5) is 10.8. The number of piperazine rings is 1. The Bertz CT molecular complexity index is 895. The Morgan fingerprint density at radius 1 is 1.17 bits per heavy atom. The highest BCUT2D eigenvalue weighted by Crippen LogP contribution is 2.27. The van der Waals surface area contributed by atoms with Crippen molar-refractivity contribution in [2.45, 2.75) is 38.8 Å². The predicted octanol–water partition coefficient (Wildman–Crippen LogP) is 4.21. The molecule has 0 bridgehead atoms. The summed E-state index contributed by atoms with van der Waals surface area (Å²) in [5.74, 6) is 1.63. The van der Waals surface area contributed by atoms with Gasteiger partial charge < -0.3 is 9.52 Å². The summed E-state index contributed by atoms with van der Waals surface area (Å²) in [6.07, 6.45) is 3.08. The molecule has 1 saturated heterocycles. The van der Waals surface area contributed by atoms with Crippen molar-refractivity contribution >= 4 is 11.3 Å². The number of nitrogens with zero attached hydrogens (tertiary/aromatic N) is 3. The average molecular weight is 426 g/mol. The van der Waals surface area contributed by atoms with Gasteiger partial charge in [-0.3, -0.25) is 9.80 Å². The highest BCUT2D eigenvalue weighted by Gasteiger charge is 2.27. The van der Waals surface area contributed by atoms with Gasteiger partial charge in [0.05, 0.1) is 10.6 Å². The van der Waals surface area contributed by atoms with Crippen molar-refractivity contribution < 1.29 is 9.52 Å². The van der Waals surface area contributed by atoms with Crippen LogP contribution in [0.1, 0.15) is 29.9 Å². The highest BCUT2D eigenvalue weighted by atomic mass is 32.1. The molecule has 1 aromatic carbocycles. The highest BCUT2D eigenvalue weighted by molar-refractivity contribution is 7.13. The van der Waals surface area contributed by atoms with E-state index in [9.17, 15) is 5.11 Å². The lowest BCUT2D eigenvalue weighted by atomic mass is 10.1. The van der Waals surface area contributed by atoms with Gasteiger partial charge in [0.15, 0.2) is 0 Å². The number of aromatic nitrogens is 1. The van der Waals surface area contributed by atoms with Crippen molar-refractivity contribution in [3.05, 3.63) is 64.9 Å². The normalized spacial score (nSPS) is 18.1. The molecule has 1 N–H and O–H groups in total. The molecular formula is C24H31N3O2S. The minimum Gasteiger partial charge on any atom is -0.440 e. The molecular weight excluding hydrogens is 394 g/mol. The summed E-state index contributed by atoms with van der Waals surface area (Å²) in [5.41, 5.74) is 2.43. The van der Waals surface area contributed by atoms with Crippen LogP contribution < -0.4 is 0 Å². The monoisotopic (exact) mass is 425 g/mol. The number of thiophene rings is 1. The van der Waals surface area contributed by atoms with Crippen molar-refractivity contribution in [3.8, 4) is 10.8 Å².